The molecule has 2 heterocycles. The predicted octanol–water partition coefficient (Wildman–Crippen LogP) is 3.28. The van der Waals surface area contributed by atoms with E-state index in [1.54, 1.807) is 6.08 Å². The molecule has 1 fully saturated rings. The third-order valence-corrected chi connectivity index (χ3v) is 4.93. The van der Waals surface area contributed by atoms with Gasteiger partial charge in [0, 0.05) is 37.0 Å². The Morgan fingerprint density at radius 3 is 2.71 bits per heavy atom. The molecule has 0 spiro atoms. The summed E-state index contributed by atoms with van der Waals surface area (Å²) in [4.78, 5) is 14.7. The van der Waals surface area contributed by atoms with E-state index in [4.69, 9.17) is 0 Å². The van der Waals surface area contributed by atoms with Gasteiger partial charge >= 0.3 is 0 Å². The molecule has 126 valence electrons. The first-order valence-electron chi connectivity index (χ1n) is 8.59. The molecule has 1 aliphatic heterocycles. The minimum absolute atomic E-state index is 0.107. The monoisotopic (exact) mass is 323 g/mol. The molecular formula is C20H25N3O. The van der Waals surface area contributed by atoms with Crippen molar-refractivity contribution in [1.29, 1.82) is 0 Å². The van der Waals surface area contributed by atoms with Gasteiger partial charge in [0.2, 0.25) is 5.91 Å². The molecular weight excluding hydrogens is 298 g/mol. The normalized spacial score (nSPS) is 17.8. The van der Waals surface area contributed by atoms with E-state index >= 15 is 0 Å². The molecule has 2 aromatic rings. The highest BCUT2D eigenvalue weighted by atomic mass is 16.2. The van der Waals surface area contributed by atoms with Crippen molar-refractivity contribution in [1.82, 2.24) is 14.7 Å². The Labute approximate surface area is 143 Å². The molecule has 1 aromatic heterocycles. The molecule has 1 aromatic carbocycles. The largest absolute Gasteiger partial charge is 0.336 e. The molecule has 0 saturated carbocycles. The number of rotatable bonds is 4. The van der Waals surface area contributed by atoms with Crippen LogP contribution in [0.4, 0.5) is 0 Å². The van der Waals surface area contributed by atoms with Crippen molar-refractivity contribution in [3.05, 3.63) is 58.9 Å². The van der Waals surface area contributed by atoms with Gasteiger partial charge in [-0.05, 0) is 44.7 Å². The van der Waals surface area contributed by atoms with Crippen LogP contribution in [0.1, 0.15) is 35.4 Å². The maximum absolute atomic E-state index is 12.7. The first-order valence-corrected chi connectivity index (χ1v) is 8.59. The SMILES string of the molecule is Cc1nn(C)c(C)c1/C=C/C(=O)N1CCCC1Cc1ccccc1. The summed E-state index contributed by atoms with van der Waals surface area (Å²) in [5.41, 5.74) is 4.38. The molecule has 0 radical (unpaired) electrons. The summed E-state index contributed by atoms with van der Waals surface area (Å²) in [5.74, 6) is 0.107. The molecule has 0 bridgehead atoms. The first-order chi connectivity index (χ1) is 11.6. The number of carbonyl (C=O) groups excluding carboxylic acids is 1. The van der Waals surface area contributed by atoms with Gasteiger partial charge < -0.3 is 4.90 Å². The minimum Gasteiger partial charge on any atom is -0.336 e. The Morgan fingerprint density at radius 2 is 2.04 bits per heavy atom. The summed E-state index contributed by atoms with van der Waals surface area (Å²) < 4.78 is 1.85. The lowest BCUT2D eigenvalue weighted by atomic mass is 10.0. The van der Waals surface area contributed by atoms with Gasteiger partial charge in [0.05, 0.1) is 5.69 Å². The van der Waals surface area contributed by atoms with E-state index in [2.05, 4.69) is 29.4 Å². The molecule has 4 nitrogen and oxygen atoms in total. The Morgan fingerprint density at radius 1 is 1.29 bits per heavy atom. The van der Waals surface area contributed by atoms with Crippen molar-refractivity contribution in [2.45, 2.75) is 39.2 Å². The number of nitrogens with zero attached hydrogens (tertiary/aromatic N) is 3. The summed E-state index contributed by atoms with van der Waals surface area (Å²) in [7, 11) is 1.93. The van der Waals surface area contributed by atoms with E-state index in [-0.39, 0.29) is 5.91 Å². The second-order valence-corrected chi connectivity index (χ2v) is 6.56. The predicted molar refractivity (Wildman–Crippen MR) is 96.6 cm³/mol. The molecule has 0 aliphatic carbocycles. The molecule has 1 unspecified atom stereocenters. The minimum atomic E-state index is 0.107. The van der Waals surface area contributed by atoms with Crippen LogP contribution in [0.3, 0.4) is 0 Å². The van der Waals surface area contributed by atoms with Crippen molar-refractivity contribution >= 4 is 12.0 Å². The fourth-order valence-corrected chi connectivity index (χ4v) is 3.51. The second-order valence-electron chi connectivity index (χ2n) is 6.56. The van der Waals surface area contributed by atoms with E-state index in [1.165, 1.54) is 5.56 Å². The molecule has 3 rings (SSSR count). The van der Waals surface area contributed by atoms with Crippen LogP contribution in [0.15, 0.2) is 36.4 Å². The van der Waals surface area contributed by atoms with Crippen LogP contribution >= 0.6 is 0 Å². The Kier molecular flexibility index (Phi) is 4.84. The van der Waals surface area contributed by atoms with Gasteiger partial charge in [-0.25, -0.2) is 0 Å². The van der Waals surface area contributed by atoms with Gasteiger partial charge in [-0.1, -0.05) is 30.3 Å². The summed E-state index contributed by atoms with van der Waals surface area (Å²) in [6.45, 7) is 4.86. The van der Waals surface area contributed by atoms with Crippen molar-refractivity contribution in [3.8, 4) is 0 Å². The third-order valence-electron chi connectivity index (χ3n) is 4.93. The highest BCUT2D eigenvalue weighted by Crippen LogP contribution is 2.22. The van der Waals surface area contributed by atoms with E-state index in [9.17, 15) is 4.79 Å². The molecule has 24 heavy (non-hydrogen) atoms. The number of benzene rings is 1. The zero-order valence-corrected chi connectivity index (χ0v) is 14.7. The van der Waals surface area contributed by atoms with Gasteiger partial charge in [0.1, 0.15) is 0 Å². The highest BCUT2D eigenvalue weighted by Gasteiger charge is 2.27. The number of hydrogen-bond donors (Lipinski definition) is 0. The number of hydrogen-bond acceptors (Lipinski definition) is 2. The van der Waals surface area contributed by atoms with Crippen molar-refractivity contribution < 1.29 is 4.79 Å². The molecule has 1 aliphatic rings. The summed E-state index contributed by atoms with van der Waals surface area (Å²) in [6, 6.07) is 10.7. The summed E-state index contributed by atoms with van der Waals surface area (Å²) in [5, 5.41) is 4.40. The second kappa shape index (κ2) is 7.04. The maximum atomic E-state index is 12.7. The van der Waals surface area contributed by atoms with Crippen molar-refractivity contribution in [3.63, 3.8) is 0 Å². The zero-order valence-electron chi connectivity index (χ0n) is 14.7. The Bertz CT molecular complexity index is 746. The third kappa shape index (κ3) is 3.42. The standard InChI is InChI=1S/C20H25N3O/c1-15-19(16(2)22(3)21-15)11-12-20(24)23-13-7-10-18(23)14-17-8-5-4-6-9-17/h4-6,8-9,11-12,18H,7,10,13-14H2,1-3H3/b12-11+. The summed E-state index contributed by atoms with van der Waals surface area (Å²) >= 11 is 0. The lowest BCUT2D eigenvalue weighted by Crippen LogP contribution is -2.35. The molecule has 1 amide bonds. The van der Waals surface area contributed by atoms with Crippen LogP contribution in [-0.4, -0.2) is 33.2 Å². The highest BCUT2D eigenvalue weighted by molar-refractivity contribution is 5.92. The maximum Gasteiger partial charge on any atom is 0.246 e. The number of aryl methyl sites for hydroxylation is 2. The Hall–Kier alpha value is -2.36. The molecule has 0 N–H and O–H groups in total. The number of aromatic nitrogens is 2. The molecule has 1 atom stereocenters. The van der Waals surface area contributed by atoms with Crippen LogP contribution < -0.4 is 0 Å². The quantitative estimate of drug-likeness (QED) is 0.810. The summed E-state index contributed by atoms with van der Waals surface area (Å²) in [6.07, 6.45) is 6.73. The average molecular weight is 323 g/mol. The first kappa shape index (κ1) is 16.5. The van der Waals surface area contributed by atoms with Crippen LogP contribution in [0.5, 0.6) is 0 Å². The molecule has 1 saturated heterocycles. The van der Waals surface area contributed by atoms with Gasteiger partial charge in [0.15, 0.2) is 0 Å². The lowest BCUT2D eigenvalue weighted by Gasteiger charge is -2.23. The van der Waals surface area contributed by atoms with Crippen LogP contribution in [-0.2, 0) is 18.3 Å². The fraction of sp³-hybridized carbons (Fsp3) is 0.400. The zero-order chi connectivity index (χ0) is 17.1. The lowest BCUT2D eigenvalue weighted by molar-refractivity contribution is -0.126. The molecule has 4 heteroatoms. The topological polar surface area (TPSA) is 38.1 Å². The number of carbonyl (C=O) groups is 1. The van der Waals surface area contributed by atoms with E-state index < -0.39 is 0 Å². The van der Waals surface area contributed by atoms with Crippen molar-refractivity contribution in [2.75, 3.05) is 6.54 Å². The van der Waals surface area contributed by atoms with E-state index in [0.717, 1.165) is 42.8 Å². The van der Waals surface area contributed by atoms with E-state index in [1.807, 2.05) is 42.6 Å². The fourth-order valence-electron chi connectivity index (χ4n) is 3.51. The van der Waals surface area contributed by atoms with Gasteiger partial charge in [-0.3, -0.25) is 9.48 Å². The van der Waals surface area contributed by atoms with Gasteiger partial charge in [0.25, 0.3) is 0 Å². The van der Waals surface area contributed by atoms with Gasteiger partial charge in [-0.2, -0.15) is 5.10 Å². The van der Waals surface area contributed by atoms with Crippen LogP contribution in [0.25, 0.3) is 6.08 Å². The smallest absolute Gasteiger partial charge is 0.246 e. The average Bonchev–Trinajstić information content (AvgIpc) is 3.12. The Balaban J connectivity index is 1.70. The number of likely N-dealkylation sites (tertiary alicyclic amines) is 1. The van der Waals surface area contributed by atoms with Crippen LogP contribution in [0.2, 0.25) is 0 Å². The van der Waals surface area contributed by atoms with E-state index in [0.29, 0.717) is 6.04 Å². The van der Waals surface area contributed by atoms with Crippen molar-refractivity contribution in [2.24, 2.45) is 7.05 Å². The van der Waals surface area contributed by atoms with Crippen LogP contribution in [0, 0.1) is 13.8 Å². The van der Waals surface area contributed by atoms with Gasteiger partial charge in [-0.15, -0.1) is 0 Å². The number of amides is 1.